The Morgan fingerprint density at radius 2 is 1.76 bits per heavy atom. The topological polar surface area (TPSA) is 46.6 Å². The molecule has 1 aromatic carbocycles. The molecule has 25 heavy (non-hydrogen) atoms. The zero-order chi connectivity index (χ0) is 18.4. The highest BCUT2D eigenvalue weighted by atomic mass is 16.5. The molecular formula is C21H29NO3. The quantitative estimate of drug-likeness (QED) is 0.617. The van der Waals surface area contributed by atoms with Crippen LogP contribution in [0.4, 0.5) is 0 Å². The number of hydrogen-bond donors (Lipinski definition) is 0. The molecule has 0 bridgehead atoms. The fourth-order valence-corrected chi connectivity index (χ4v) is 2.96. The molecular weight excluding hydrogens is 314 g/mol. The fraction of sp³-hybridized carbons (Fsp3) is 0.524. The highest BCUT2D eigenvalue weighted by molar-refractivity contribution is 5.92. The van der Waals surface area contributed by atoms with Crippen molar-refractivity contribution in [1.29, 1.82) is 0 Å². The first-order chi connectivity index (χ1) is 11.8. The van der Waals surface area contributed by atoms with Gasteiger partial charge in [-0.2, -0.15) is 0 Å². The third-order valence-electron chi connectivity index (χ3n) is 4.62. The third kappa shape index (κ3) is 5.45. The van der Waals surface area contributed by atoms with E-state index in [1.165, 1.54) is 5.56 Å². The van der Waals surface area contributed by atoms with Gasteiger partial charge in [0, 0.05) is 19.2 Å². The number of likely N-dealkylation sites (tertiary alicyclic amines) is 1. The molecule has 0 unspecified atom stereocenters. The van der Waals surface area contributed by atoms with Crippen LogP contribution in [0.15, 0.2) is 30.3 Å². The molecule has 0 aromatic heterocycles. The Bertz CT molecular complexity index is 618. The molecule has 1 saturated heterocycles. The van der Waals surface area contributed by atoms with Gasteiger partial charge >= 0.3 is 5.97 Å². The van der Waals surface area contributed by atoms with Crippen molar-refractivity contribution in [2.45, 2.75) is 46.0 Å². The molecule has 0 N–H and O–H groups in total. The molecule has 1 amide bonds. The van der Waals surface area contributed by atoms with Gasteiger partial charge in [0.05, 0.1) is 12.5 Å². The van der Waals surface area contributed by atoms with Gasteiger partial charge in [0.25, 0.3) is 0 Å². The molecule has 0 saturated carbocycles. The second kappa shape index (κ2) is 8.32. The smallest absolute Gasteiger partial charge is 0.309 e. The first-order valence-corrected chi connectivity index (χ1v) is 9.05. The lowest BCUT2D eigenvalue weighted by Gasteiger charge is -2.30. The number of carbonyl (C=O) groups excluding carboxylic acids is 2. The summed E-state index contributed by atoms with van der Waals surface area (Å²) in [6.45, 7) is 9.99. The number of amides is 1. The van der Waals surface area contributed by atoms with Crippen molar-refractivity contribution in [3.05, 3.63) is 41.5 Å². The van der Waals surface area contributed by atoms with Crippen molar-refractivity contribution < 1.29 is 14.3 Å². The van der Waals surface area contributed by atoms with Gasteiger partial charge < -0.3 is 9.64 Å². The molecule has 0 spiro atoms. The average Bonchev–Trinajstić information content (AvgIpc) is 2.59. The van der Waals surface area contributed by atoms with Crippen molar-refractivity contribution in [3.8, 4) is 0 Å². The van der Waals surface area contributed by atoms with E-state index in [0.29, 0.717) is 32.5 Å². The lowest BCUT2D eigenvalue weighted by Crippen LogP contribution is -2.39. The van der Waals surface area contributed by atoms with Crippen molar-refractivity contribution in [2.24, 2.45) is 5.92 Å². The summed E-state index contributed by atoms with van der Waals surface area (Å²) < 4.78 is 5.06. The summed E-state index contributed by atoms with van der Waals surface area (Å²) in [5.41, 5.74) is 2.42. The summed E-state index contributed by atoms with van der Waals surface area (Å²) >= 11 is 0. The Hall–Kier alpha value is -2.10. The van der Waals surface area contributed by atoms with Gasteiger partial charge in [0.1, 0.15) is 0 Å². The fourth-order valence-electron chi connectivity index (χ4n) is 2.96. The van der Waals surface area contributed by atoms with Crippen LogP contribution in [0, 0.1) is 5.92 Å². The molecule has 1 aliphatic rings. The van der Waals surface area contributed by atoms with Gasteiger partial charge in [-0.1, -0.05) is 45.0 Å². The Labute approximate surface area is 150 Å². The van der Waals surface area contributed by atoms with Gasteiger partial charge in [-0.25, -0.2) is 0 Å². The minimum absolute atomic E-state index is 0.00204. The highest BCUT2D eigenvalue weighted by Gasteiger charge is 2.27. The number of carbonyl (C=O) groups is 2. The predicted octanol–water partition coefficient (Wildman–Crippen LogP) is 3.80. The molecule has 1 aromatic rings. The number of nitrogens with zero attached hydrogens (tertiary/aromatic N) is 1. The SMILES string of the molecule is CCOC(=O)C1CCN(C(=O)/C=C/c2ccc(C(C)(C)C)cc2)CC1. The van der Waals surface area contributed by atoms with Gasteiger partial charge in [-0.15, -0.1) is 0 Å². The Morgan fingerprint density at radius 3 is 2.28 bits per heavy atom. The zero-order valence-electron chi connectivity index (χ0n) is 15.7. The summed E-state index contributed by atoms with van der Waals surface area (Å²) in [6, 6.07) is 8.29. The van der Waals surface area contributed by atoms with Crippen LogP contribution in [-0.2, 0) is 19.7 Å². The normalized spacial score (nSPS) is 16.2. The Morgan fingerprint density at radius 1 is 1.16 bits per heavy atom. The monoisotopic (exact) mass is 343 g/mol. The number of ether oxygens (including phenoxy) is 1. The minimum atomic E-state index is -0.135. The van der Waals surface area contributed by atoms with Crippen LogP contribution in [0.5, 0.6) is 0 Å². The zero-order valence-corrected chi connectivity index (χ0v) is 15.7. The maximum Gasteiger partial charge on any atom is 0.309 e. The summed E-state index contributed by atoms with van der Waals surface area (Å²) in [5.74, 6) is -0.204. The lowest BCUT2D eigenvalue weighted by molar-refractivity contribution is -0.150. The molecule has 0 aliphatic carbocycles. The number of hydrogen-bond acceptors (Lipinski definition) is 3. The Balaban J connectivity index is 1.88. The maximum absolute atomic E-state index is 12.3. The largest absolute Gasteiger partial charge is 0.466 e. The van der Waals surface area contributed by atoms with E-state index in [4.69, 9.17) is 4.74 Å². The first kappa shape index (κ1) is 19.2. The van der Waals surface area contributed by atoms with Crippen molar-refractivity contribution in [3.63, 3.8) is 0 Å². The van der Waals surface area contributed by atoms with Gasteiger partial charge in [-0.3, -0.25) is 9.59 Å². The predicted molar refractivity (Wildman–Crippen MR) is 100 cm³/mol. The van der Waals surface area contributed by atoms with Crippen LogP contribution >= 0.6 is 0 Å². The Kier molecular flexibility index (Phi) is 6.40. The lowest BCUT2D eigenvalue weighted by atomic mass is 9.87. The van der Waals surface area contributed by atoms with Crippen LogP contribution in [0.3, 0.4) is 0 Å². The summed E-state index contributed by atoms with van der Waals surface area (Å²) in [4.78, 5) is 25.9. The second-order valence-corrected chi connectivity index (χ2v) is 7.56. The molecule has 4 heteroatoms. The third-order valence-corrected chi connectivity index (χ3v) is 4.62. The minimum Gasteiger partial charge on any atom is -0.466 e. The summed E-state index contributed by atoms with van der Waals surface area (Å²) in [5, 5.41) is 0. The van der Waals surface area contributed by atoms with Crippen LogP contribution in [0.1, 0.15) is 51.7 Å². The van der Waals surface area contributed by atoms with E-state index in [0.717, 1.165) is 5.56 Å². The molecule has 1 fully saturated rings. The van der Waals surface area contributed by atoms with E-state index >= 15 is 0 Å². The van der Waals surface area contributed by atoms with E-state index in [9.17, 15) is 9.59 Å². The van der Waals surface area contributed by atoms with Crippen LogP contribution in [0.25, 0.3) is 6.08 Å². The first-order valence-electron chi connectivity index (χ1n) is 9.05. The van der Waals surface area contributed by atoms with Crippen LogP contribution < -0.4 is 0 Å². The molecule has 0 radical (unpaired) electrons. The molecule has 2 rings (SSSR count). The molecule has 136 valence electrons. The van der Waals surface area contributed by atoms with Crippen molar-refractivity contribution in [2.75, 3.05) is 19.7 Å². The molecule has 1 heterocycles. The average molecular weight is 343 g/mol. The van der Waals surface area contributed by atoms with Crippen molar-refractivity contribution >= 4 is 18.0 Å². The van der Waals surface area contributed by atoms with E-state index in [1.807, 2.05) is 25.1 Å². The molecule has 0 atom stereocenters. The number of rotatable bonds is 4. The van der Waals surface area contributed by atoms with Gasteiger partial charge in [-0.05, 0) is 42.4 Å². The summed E-state index contributed by atoms with van der Waals surface area (Å²) in [7, 11) is 0. The van der Waals surface area contributed by atoms with Crippen LogP contribution in [0.2, 0.25) is 0 Å². The second-order valence-electron chi connectivity index (χ2n) is 7.56. The number of piperidine rings is 1. The number of esters is 1. The summed E-state index contributed by atoms with van der Waals surface area (Å²) in [6.07, 6.45) is 4.83. The van der Waals surface area contributed by atoms with Gasteiger partial charge in [0.2, 0.25) is 5.91 Å². The highest BCUT2D eigenvalue weighted by Crippen LogP contribution is 2.23. The standard InChI is InChI=1S/C21H29NO3/c1-5-25-20(24)17-12-14-22(15-13-17)19(23)11-8-16-6-9-18(10-7-16)21(2,3)4/h6-11,17H,5,12-15H2,1-4H3/b11-8+. The van der Waals surface area contributed by atoms with E-state index in [2.05, 4.69) is 32.9 Å². The van der Waals surface area contributed by atoms with E-state index < -0.39 is 0 Å². The van der Waals surface area contributed by atoms with E-state index in [1.54, 1.807) is 11.0 Å². The number of benzene rings is 1. The van der Waals surface area contributed by atoms with E-state index in [-0.39, 0.29) is 23.2 Å². The molecule has 4 nitrogen and oxygen atoms in total. The van der Waals surface area contributed by atoms with Crippen molar-refractivity contribution in [1.82, 2.24) is 4.90 Å². The van der Waals surface area contributed by atoms with Crippen LogP contribution in [-0.4, -0.2) is 36.5 Å². The molecule has 1 aliphatic heterocycles. The maximum atomic E-state index is 12.3. The van der Waals surface area contributed by atoms with Gasteiger partial charge in [0.15, 0.2) is 0 Å².